The molecule has 0 bridgehead atoms. The van der Waals surface area contributed by atoms with Crippen molar-refractivity contribution in [3.8, 4) is 49.5 Å². The van der Waals surface area contributed by atoms with Gasteiger partial charge in [-0.15, -0.1) is 11.3 Å². The van der Waals surface area contributed by atoms with E-state index in [-0.39, 0.29) is 16.2 Å². The molecule has 1 aliphatic rings. The highest BCUT2D eigenvalue weighted by Gasteiger charge is 2.36. The van der Waals surface area contributed by atoms with Crippen molar-refractivity contribution in [2.75, 3.05) is 4.90 Å². The van der Waals surface area contributed by atoms with Gasteiger partial charge < -0.3 is 9.47 Å². The van der Waals surface area contributed by atoms with Crippen LogP contribution in [0.5, 0.6) is 0 Å². The Balaban J connectivity index is 1.00. The molecule has 11 rings (SSSR count). The lowest BCUT2D eigenvalue weighted by atomic mass is 9.82. The second kappa shape index (κ2) is 15.9. The van der Waals surface area contributed by atoms with Gasteiger partial charge in [0.05, 0.1) is 11.0 Å². The van der Waals surface area contributed by atoms with Crippen LogP contribution >= 0.6 is 11.3 Å². The molecule has 330 valence electrons. The maximum absolute atomic E-state index is 2.48. The van der Waals surface area contributed by atoms with Gasteiger partial charge in [0.15, 0.2) is 0 Å². The summed E-state index contributed by atoms with van der Waals surface area (Å²) < 4.78 is 2.48. The van der Waals surface area contributed by atoms with Crippen molar-refractivity contribution in [1.82, 2.24) is 4.57 Å². The van der Waals surface area contributed by atoms with E-state index >= 15 is 0 Å². The molecule has 8 aromatic carbocycles. The SMILES string of the molecule is Cc1cc(-c2cc(-n3c4ccccc4c4cc(-c5ccc(N(c6ccc(-c7ccccc7)cc6)c6ccc7c(c6)C(C)(C)c6ccccc6-7)cc5)ccc43)cc(C(C)(C)C)c2)sc1C(C)(C)C. The highest BCUT2D eigenvalue weighted by molar-refractivity contribution is 7.15. The van der Waals surface area contributed by atoms with Crippen LogP contribution in [0.25, 0.3) is 71.3 Å². The topological polar surface area (TPSA) is 8.17 Å². The third kappa shape index (κ3) is 7.41. The van der Waals surface area contributed by atoms with E-state index in [1.54, 1.807) is 0 Å². The van der Waals surface area contributed by atoms with Crippen LogP contribution in [0, 0.1) is 6.92 Å². The van der Waals surface area contributed by atoms with Crippen LogP contribution in [-0.4, -0.2) is 4.57 Å². The van der Waals surface area contributed by atoms with Crippen LogP contribution in [0.1, 0.15) is 82.5 Å². The van der Waals surface area contributed by atoms with Crippen LogP contribution in [-0.2, 0) is 16.2 Å². The molecule has 0 saturated carbocycles. The Labute approximate surface area is 400 Å². The normalized spacial score (nSPS) is 13.3. The standard InChI is InChI=1S/C64H58N2S/c1-41-35-60(67-61(41)63(5,6)7)46-36-47(62(2,3)4)39-51(37-46)66-58-22-16-14-20-54(58)55-38-45(27-34-59(55)66)44-25-30-49(31-26-44)65(48-28-23-43(24-29-48)42-17-11-10-12-18-42)50-32-33-53-52-19-13-15-21-56(52)64(8,9)57(53)40-50/h10-40H,1-9H3. The Kier molecular flexibility index (Phi) is 10.1. The van der Waals surface area contributed by atoms with Gasteiger partial charge in [0, 0.05) is 48.7 Å². The van der Waals surface area contributed by atoms with Crippen molar-refractivity contribution in [3.05, 3.63) is 215 Å². The number of fused-ring (bicyclic) bond motifs is 6. The first kappa shape index (κ1) is 42.7. The van der Waals surface area contributed by atoms with Gasteiger partial charge >= 0.3 is 0 Å². The highest BCUT2D eigenvalue weighted by atomic mass is 32.1. The van der Waals surface area contributed by atoms with Crippen LogP contribution < -0.4 is 4.90 Å². The summed E-state index contributed by atoms with van der Waals surface area (Å²) in [6.07, 6.45) is 0. The van der Waals surface area contributed by atoms with Gasteiger partial charge in [-0.25, -0.2) is 0 Å². The Bertz CT molecular complexity index is 3490. The number of hydrogen-bond acceptors (Lipinski definition) is 2. The van der Waals surface area contributed by atoms with Crippen LogP contribution in [0.3, 0.4) is 0 Å². The number of hydrogen-bond donors (Lipinski definition) is 0. The number of thiophene rings is 1. The zero-order chi connectivity index (χ0) is 46.4. The summed E-state index contributed by atoms with van der Waals surface area (Å²) in [5, 5.41) is 2.51. The molecule has 0 radical (unpaired) electrons. The third-order valence-electron chi connectivity index (χ3n) is 14.1. The van der Waals surface area contributed by atoms with E-state index in [1.165, 1.54) is 98.4 Å². The van der Waals surface area contributed by atoms with E-state index in [2.05, 4.69) is 260 Å². The van der Waals surface area contributed by atoms with Gasteiger partial charge in [-0.2, -0.15) is 0 Å². The minimum absolute atomic E-state index is 0.0216. The first-order valence-electron chi connectivity index (χ1n) is 23.7. The fraction of sp³-hybridized carbons (Fsp3) is 0.188. The minimum Gasteiger partial charge on any atom is -0.310 e. The van der Waals surface area contributed by atoms with Crippen molar-refractivity contribution in [1.29, 1.82) is 0 Å². The number of aryl methyl sites for hydroxylation is 1. The van der Waals surface area contributed by atoms with E-state index in [0.717, 1.165) is 17.1 Å². The van der Waals surface area contributed by atoms with Crippen molar-refractivity contribution < 1.29 is 0 Å². The van der Waals surface area contributed by atoms with E-state index in [1.807, 2.05) is 11.3 Å². The van der Waals surface area contributed by atoms with Crippen LogP contribution in [0.2, 0.25) is 0 Å². The average Bonchev–Trinajstić information content (AvgIpc) is 3.97. The van der Waals surface area contributed by atoms with Gasteiger partial charge in [-0.3, -0.25) is 0 Å². The van der Waals surface area contributed by atoms with Crippen molar-refractivity contribution in [3.63, 3.8) is 0 Å². The first-order valence-corrected chi connectivity index (χ1v) is 24.6. The summed E-state index contributed by atoms with van der Waals surface area (Å²) in [5.74, 6) is 0. The lowest BCUT2D eigenvalue weighted by Crippen LogP contribution is -2.16. The van der Waals surface area contributed by atoms with Crippen molar-refractivity contribution >= 4 is 50.2 Å². The number of aromatic nitrogens is 1. The maximum Gasteiger partial charge on any atom is 0.0541 e. The largest absolute Gasteiger partial charge is 0.310 e. The molecule has 67 heavy (non-hydrogen) atoms. The lowest BCUT2D eigenvalue weighted by molar-refractivity contribution is 0.590. The monoisotopic (exact) mass is 886 g/mol. The second-order valence-corrected chi connectivity index (χ2v) is 22.2. The fourth-order valence-corrected chi connectivity index (χ4v) is 11.8. The predicted molar refractivity (Wildman–Crippen MR) is 289 cm³/mol. The zero-order valence-electron chi connectivity index (χ0n) is 40.2. The molecular formula is C64H58N2S. The second-order valence-electron chi connectivity index (χ2n) is 21.2. The maximum atomic E-state index is 2.48. The summed E-state index contributed by atoms with van der Waals surface area (Å²) >= 11 is 1.94. The summed E-state index contributed by atoms with van der Waals surface area (Å²) in [7, 11) is 0. The van der Waals surface area contributed by atoms with Crippen molar-refractivity contribution in [2.45, 2.75) is 78.6 Å². The summed E-state index contributed by atoms with van der Waals surface area (Å²) in [6, 6.07) is 70.3. The molecule has 0 atom stereocenters. The summed E-state index contributed by atoms with van der Waals surface area (Å²) in [4.78, 5) is 5.19. The minimum atomic E-state index is -0.104. The third-order valence-corrected chi connectivity index (χ3v) is 15.8. The average molecular weight is 887 g/mol. The molecule has 2 aromatic heterocycles. The summed E-state index contributed by atoms with van der Waals surface area (Å²) in [5.41, 5.74) is 21.2. The molecule has 3 heteroatoms. The molecule has 0 unspecified atom stereocenters. The van der Waals surface area contributed by atoms with Gasteiger partial charge in [-0.1, -0.05) is 165 Å². The molecule has 0 amide bonds. The molecule has 2 heterocycles. The molecule has 0 spiro atoms. The molecule has 0 saturated heterocycles. The Hall–Kier alpha value is -6.94. The molecule has 2 nitrogen and oxygen atoms in total. The van der Waals surface area contributed by atoms with E-state index in [4.69, 9.17) is 0 Å². The Morgan fingerprint density at radius 1 is 0.448 bits per heavy atom. The van der Waals surface area contributed by atoms with Crippen LogP contribution in [0.15, 0.2) is 188 Å². The van der Waals surface area contributed by atoms with Gasteiger partial charge in [0.25, 0.3) is 0 Å². The first-order chi connectivity index (χ1) is 32.1. The molecule has 10 aromatic rings. The van der Waals surface area contributed by atoms with Gasteiger partial charge in [-0.05, 0) is 158 Å². The van der Waals surface area contributed by atoms with Gasteiger partial charge in [0.2, 0.25) is 0 Å². The number of anilines is 3. The number of benzene rings is 8. The molecule has 1 aliphatic carbocycles. The zero-order valence-corrected chi connectivity index (χ0v) is 41.0. The smallest absolute Gasteiger partial charge is 0.0541 e. The Morgan fingerprint density at radius 3 is 1.72 bits per heavy atom. The Morgan fingerprint density at radius 2 is 1.03 bits per heavy atom. The number of nitrogens with zero attached hydrogens (tertiary/aromatic N) is 2. The quantitative estimate of drug-likeness (QED) is 0.155. The van der Waals surface area contributed by atoms with Gasteiger partial charge in [0.1, 0.15) is 0 Å². The highest BCUT2D eigenvalue weighted by Crippen LogP contribution is 2.51. The number of para-hydroxylation sites is 1. The summed E-state index contributed by atoms with van der Waals surface area (Å²) in [6.45, 7) is 20.9. The lowest BCUT2D eigenvalue weighted by Gasteiger charge is -2.28. The van der Waals surface area contributed by atoms with E-state index in [0.29, 0.717) is 0 Å². The molecule has 0 fully saturated rings. The molecule has 0 aliphatic heterocycles. The van der Waals surface area contributed by atoms with E-state index in [9.17, 15) is 0 Å². The van der Waals surface area contributed by atoms with Crippen molar-refractivity contribution in [2.24, 2.45) is 0 Å². The van der Waals surface area contributed by atoms with E-state index < -0.39 is 0 Å². The predicted octanol–water partition coefficient (Wildman–Crippen LogP) is 18.5. The van der Waals surface area contributed by atoms with Crippen LogP contribution in [0.4, 0.5) is 17.1 Å². The number of rotatable bonds is 7. The molecular weight excluding hydrogens is 829 g/mol. The molecule has 0 N–H and O–H groups in total. The fourth-order valence-electron chi connectivity index (χ4n) is 10.6.